The zero-order chi connectivity index (χ0) is 23.1. The number of pyridine rings is 1. The van der Waals surface area contributed by atoms with E-state index in [0.29, 0.717) is 0 Å². The van der Waals surface area contributed by atoms with Crippen molar-refractivity contribution in [2.75, 3.05) is 0 Å². The van der Waals surface area contributed by atoms with Crippen LogP contribution in [0.3, 0.4) is 0 Å². The summed E-state index contributed by atoms with van der Waals surface area (Å²) >= 11 is 6.06. The number of benzene rings is 1. The Morgan fingerprint density at radius 3 is 2.50 bits per heavy atom. The zero-order valence-electron chi connectivity index (χ0n) is 16.0. The predicted molar refractivity (Wildman–Crippen MR) is 106 cm³/mol. The molecule has 168 valence electrons. The molecule has 1 N–H and O–H groups in total. The second kappa shape index (κ2) is 8.10. The molecule has 0 aliphatic heterocycles. The molecule has 3 aromatic rings. The van der Waals surface area contributed by atoms with Crippen molar-refractivity contribution < 1.29 is 31.1 Å². The van der Waals surface area contributed by atoms with Crippen LogP contribution in [-0.4, -0.2) is 41.4 Å². The van der Waals surface area contributed by atoms with Gasteiger partial charge >= 0.3 is 6.18 Å². The number of nitrogens with zero attached hydrogens (tertiary/aromatic N) is 3. The van der Waals surface area contributed by atoms with Crippen molar-refractivity contribution in [2.45, 2.75) is 23.6 Å². The third kappa shape index (κ3) is 4.70. The van der Waals surface area contributed by atoms with Gasteiger partial charge in [-0.05, 0) is 30.7 Å². The van der Waals surface area contributed by atoms with Gasteiger partial charge in [0.1, 0.15) is 11.3 Å². The minimum atomic E-state index is -4.31. The molecule has 2 heterocycles. The van der Waals surface area contributed by atoms with E-state index in [2.05, 4.69) is 10.1 Å². The van der Waals surface area contributed by atoms with Gasteiger partial charge in [-0.25, -0.2) is 22.8 Å². The molecule has 1 aliphatic carbocycles. The molecule has 0 radical (unpaired) electrons. The average molecular weight is 487 g/mol. The number of carbonyl (C=O) groups is 1. The Bertz CT molecular complexity index is 1270. The summed E-state index contributed by atoms with van der Waals surface area (Å²) in [6, 6.07) is 11.3. The van der Waals surface area contributed by atoms with Crippen molar-refractivity contribution in [3.63, 3.8) is 0 Å². The lowest BCUT2D eigenvalue weighted by Gasteiger charge is -2.09. The Morgan fingerprint density at radius 2 is 1.88 bits per heavy atom. The first-order chi connectivity index (χ1) is 15.0. The maximum Gasteiger partial charge on any atom is 0.395 e. The topological polar surface area (TPSA) is 103 Å². The second-order valence-electron chi connectivity index (χ2n) is 6.89. The summed E-state index contributed by atoms with van der Waals surface area (Å²) in [4.78, 5) is 16.3. The number of ether oxygens (including phenoxy) is 1. The van der Waals surface area contributed by atoms with Gasteiger partial charge in [-0.2, -0.15) is 13.2 Å². The van der Waals surface area contributed by atoms with Crippen LogP contribution in [0.1, 0.15) is 16.8 Å². The Labute approximate surface area is 185 Å². The van der Waals surface area contributed by atoms with Crippen LogP contribution in [0.2, 0.25) is 5.15 Å². The van der Waals surface area contributed by atoms with Crippen molar-refractivity contribution >= 4 is 27.5 Å². The first-order valence-electron chi connectivity index (χ1n) is 9.13. The quantitative estimate of drug-likeness (QED) is 0.536. The van der Waals surface area contributed by atoms with Crippen LogP contribution >= 0.6 is 11.6 Å². The van der Waals surface area contributed by atoms with Gasteiger partial charge in [0, 0.05) is 12.3 Å². The van der Waals surface area contributed by atoms with E-state index in [1.807, 2.05) is 4.72 Å². The van der Waals surface area contributed by atoms with Crippen LogP contribution in [0.5, 0.6) is 5.88 Å². The number of halogens is 4. The molecule has 1 aliphatic rings. The smallest absolute Gasteiger partial charge is 0.395 e. The lowest BCUT2D eigenvalue weighted by Crippen LogP contribution is -2.31. The maximum absolute atomic E-state index is 12.6. The molecular weight excluding hydrogens is 473 g/mol. The molecule has 0 saturated heterocycles. The number of rotatable bonds is 6. The molecule has 1 amide bonds. The van der Waals surface area contributed by atoms with Crippen LogP contribution in [-0.2, 0) is 10.0 Å². The molecule has 4 rings (SSSR count). The largest absolute Gasteiger partial charge is 0.473 e. The van der Waals surface area contributed by atoms with Crippen molar-refractivity contribution in [3.05, 3.63) is 65.4 Å². The number of aromatic nitrogens is 3. The Morgan fingerprint density at radius 1 is 1.16 bits per heavy atom. The summed E-state index contributed by atoms with van der Waals surface area (Å²) in [5.41, 5.74) is -0.190. The molecule has 2 atom stereocenters. The van der Waals surface area contributed by atoms with Gasteiger partial charge in [-0.15, -0.1) is 5.10 Å². The lowest BCUT2D eigenvalue weighted by atomic mass is 10.3. The first kappa shape index (κ1) is 22.1. The van der Waals surface area contributed by atoms with Crippen LogP contribution in [0.25, 0.3) is 5.82 Å². The third-order valence-electron chi connectivity index (χ3n) is 4.58. The van der Waals surface area contributed by atoms with E-state index < -0.39 is 34.1 Å². The van der Waals surface area contributed by atoms with E-state index in [9.17, 15) is 26.4 Å². The van der Waals surface area contributed by atoms with Gasteiger partial charge in [0.15, 0.2) is 5.82 Å². The summed E-state index contributed by atoms with van der Waals surface area (Å²) < 4.78 is 70.8. The van der Waals surface area contributed by atoms with Gasteiger partial charge in [0.2, 0.25) is 5.88 Å². The molecule has 13 heteroatoms. The molecule has 1 aromatic carbocycles. The Hall–Kier alpha value is -3.12. The highest BCUT2D eigenvalue weighted by Gasteiger charge is 2.58. The highest BCUT2D eigenvalue weighted by Crippen LogP contribution is 2.46. The summed E-state index contributed by atoms with van der Waals surface area (Å²) in [5.74, 6) is -2.36. The molecule has 1 saturated carbocycles. The van der Waals surface area contributed by atoms with Crippen LogP contribution < -0.4 is 9.46 Å². The average Bonchev–Trinajstić information content (AvgIpc) is 3.36. The number of hydrogen-bond donors (Lipinski definition) is 1. The van der Waals surface area contributed by atoms with Gasteiger partial charge < -0.3 is 4.74 Å². The molecule has 1 unspecified atom stereocenters. The number of amides is 1. The van der Waals surface area contributed by atoms with Crippen LogP contribution in [0.15, 0.2) is 59.6 Å². The van der Waals surface area contributed by atoms with Crippen molar-refractivity contribution in [3.8, 4) is 11.7 Å². The minimum absolute atomic E-state index is 0.0181. The van der Waals surface area contributed by atoms with Crippen molar-refractivity contribution in [1.82, 2.24) is 19.5 Å². The molecule has 1 fully saturated rings. The fraction of sp³-hybridized carbons (Fsp3) is 0.211. The zero-order valence-corrected chi connectivity index (χ0v) is 17.5. The molecule has 0 bridgehead atoms. The van der Waals surface area contributed by atoms with E-state index >= 15 is 0 Å². The third-order valence-corrected chi connectivity index (χ3v) is 6.22. The SMILES string of the molecule is O=C(NS(=O)(=O)c1ccccc1)c1ccc(-n2ccc(OC3C[C@H]3C(F)(F)F)n2)nc1Cl. The molecular formula is C19H14ClF3N4O4S. The summed E-state index contributed by atoms with van der Waals surface area (Å²) in [7, 11) is -4.10. The van der Waals surface area contributed by atoms with Gasteiger partial charge in [0.05, 0.1) is 16.4 Å². The molecule has 0 spiro atoms. The summed E-state index contributed by atoms with van der Waals surface area (Å²) in [5, 5.41) is 3.71. The highest BCUT2D eigenvalue weighted by atomic mass is 35.5. The number of nitrogens with one attached hydrogen (secondary N) is 1. The van der Waals surface area contributed by atoms with Crippen LogP contribution in [0.4, 0.5) is 13.2 Å². The van der Waals surface area contributed by atoms with E-state index in [0.717, 1.165) is 0 Å². The van der Waals surface area contributed by atoms with Crippen molar-refractivity contribution in [2.24, 2.45) is 5.92 Å². The van der Waals surface area contributed by atoms with Crippen molar-refractivity contribution in [1.29, 1.82) is 0 Å². The standard InChI is InChI=1S/C19H14ClF3N4O4S/c20-17-12(18(28)26-32(29,30)11-4-2-1-3-5-11)6-7-15(24-17)27-9-8-16(25-27)31-14-10-13(14)19(21,22)23/h1-9,13-14H,10H2,(H,26,28)/t13-,14?/m1/s1. The van der Waals surface area contributed by atoms with E-state index in [1.165, 1.54) is 53.3 Å². The normalized spacial score (nSPS) is 18.2. The first-order valence-corrected chi connectivity index (χ1v) is 11.0. The Kier molecular flexibility index (Phi) is 5.59. The summed E-state index contributed by atoms with van der Waals surface area (Å²) in [6.07, 6.45) is -4.02. The Balaban J connectivity index is 1.46. The number of hydrogen-bond acceptors (Lipinski definition) is 6. The van der Waals surface area contributed by atoms with E-state index in [1.54, 1.807) is 6.07 Å². The van der Waals surface area contributed by atoms with Gasteiger partial charge in [-0.1, -0.05) is 29.8 Å². The second-order valence-corrected chi connectivity index (χ2v) is 8.93. The minimum Gasteiger partial charge on any atom is -0.473 e. The predicted octanol–water partition coefficient (Wildman–Crippen LogP) is 3.37. The fourth-order valence-corrected chi connectivity index (χ4v) is 4.08. The van der Waals surface area contributed by atoms with E-state index in [-0.39, 0.29) is 33.7 Å². The number of alkyl halides is 3. The number of sulfonamides is 1. The molecule has 2 aromatic heterocycles. The lowest BCUT2D eigenvalue weighted by molar-refractivity contribution is -0.153. The van der Waals surface area contributed by atoms with E-state index in [4.69, 9.17) is 16.3 Å². The number of carbonyl (C=O) groups excluding carboxylic acids is 1. The fourth-order valence-electron chi connectivity index (χ4n) is 2.86. The maximum atomic E-state index is 12.6. The molecule has 8 nitrogen and oxygen atoms in total. The van der Waals surface area contributed by atoms with Gasteiger partial charge in [0.25, 0.3) is 15.9 Å². The summed E-state index contributed by atoms with van der Waals surface area (Å²) in [6.45, 7) is 0. The van der Waals surface area contributed by atoms with Gasteiger partial charge in [-0.3, -0.25) is 4.79 Å². The highest BCUT2D eigenvalue weighted by molar-refractivity contribution is 7.90. The molecule has 32 heavy (non-hydrogen) atoms. The monoisotopic (exact) mass is 486 g/mol. The van der Waals surface area contributed by atoms with Crippen LogP contribution in [0, 0.1) is 5.92 Å².